The number of amides is 1. The monoisotopic (exact) mass is 356 g/mol. The van der Waals surface area contributed by atoms with Gasteiger partial charge in [-0.1, -0.05) is 13.8 Å². The van der Waals surface area contributed by atoms with Gasteiger partial charge in [0.2, 0.25) is 0 Å². The van der Waals surface area contributed by atoms with E-state index in [0.29, 0.717) is 42.7 Å². The van der Waals surface area contributed by atoms with Gasteiger partial charge in [0.15, 0.2) is 11.5 Å². The average Bonchev–Trinajstić information content (AvgIpc) is 2.46. The molecule has 0 saturated heterocycles. The van der Waals surface area contributed by atoms with Crippen LogP contribution in [0.15, 0.2) is 16.6 Å². The Hall–Kier alpha value is -1.27. The molecule has 0 aliphatic carbocycles. The number of nitrogens with two attached hydrogens (primary N) is 1. The molecule has 1 aliphatic heterocycles. The number of benzene rings is 1. The number of hydrogen-bond donors (Lipinski definition) is 2. The highest BCUT2D eigenvalue weighted by Gasteiger charge is 2.20. The van der Waals surface area contributed by atoms with Gasteiger partial charge in [-0.25, -0.2) is 0 Å². The van der Waals surface area contributed by atoms with E-state index in [1.807, 2.05) is 0 Å². The second-order valence-electron chi connectivity index (χ2n) is 5.52. The largest absolute Gasteiger partial charge is 0.486 e. The molecule has 5 nitrogen and oxygen atoms in total. The zero-order chi connectivity index (χ0) is 15.4. The van der Waals surface area contributed by atoms with Crippen LogP contribution in [0, 0.1) is 5.92 Å². The fraction of sp³-hybridized carbons (Fsp3) is 0.533. The van der Waals surface area contributed by atoms with Crippen LogP contribution in [0.1, 0.15) is 30.6 Å². The molecular formula is C15H21BrN2O3. The summed E-state index contributed by atoms with van der Waals surface area (Å²) in [6, 6.07) is 3.42. The Kier molecular flexibility index (Phi) is 5.47. The molecule has 2 rings (SSSR count). The summed E-state index contributed by atoms with van der Waals surface area (Å²) in [4.78, 5) is 12.3. The quantitative estimate of drug-likeness (QED) is 0.848. The molecule has 0 bridgehead atoms. The van der Waals surface area contributed by atoms with Crippen molar-refractivity contribution in [2.24, 2.45) is 11.7 Å². The molecule has 21 heavy (non-hydrogen) atoms. The van der Waals surface area contributed by atoms with E-state index >= 15 is 0 Å². The van der Waals surface area contributed by atoms with Gasteiger partial charge in [-0.3, -0.25) is 4.79 Å². The average molecular weight is 357 g/mol. The normalized spacial score (nSPS) is 14.9. The summed E-state index contributed by atoms with van der Waals surface area (Å²) in [7, 11) is 0. The molecule has 1 aromatic rings. The lowest BCUT2D eigenvalue weighted by molar-refractivity contribution is 0.0932. The zero-order valence-electron chi connectivity index (χ0n) is 12.3. The standard InChI is InChI=1S/C15H21BrN2O3/c1-9(2)5-11(8-17)18-15(19)10-6-12(16)14-13(7-10)20-3-4-21-14/h6-7,9,11H,3-5,8,17H2,1-2H3,(H,18,19). The van der Waals surface area contributed by atoms with E-state index in [2.05, 4.69) is 35.1 Å². The molecule has 1 heterocycles. The number of halogens is 1. The van der Waals surface area contributed by atoms with Gasteiger partial charge in [-0.15, -0.1) is 0 Å². The number of nitrogens with one attached hydrogen (secondary N) is 1. The zero-order valence-corrected chi connectivity index (χ0v) is 13.9. The van der Waals surface area contributed by atoms with E-state index in [1.54, 1.807) is 12.1 Å². The van der Waals surface area contributed by atoms with E-state index in [1.165, 1.54) is 0 Å². The minimum atomic E-state index is -0.149. The maximum atomic E-state index is 12.3. The summed E-state index contributed by atoms with van der Waals surface area (Å²) in [5, 5.41) is 2.97. The highest BCUT2D eigenvalue weighted by atomic mass is 79.9. The van der Waals surface area contributed by atoms with Crippen molar-refractivity contribution in [2.75, 3.05) is 19.8 Å². The number of rotatable bonds is 5. The second kappa shape index (κ2) is 7.13. The summed E-state index contributed by atoms with van der Waals surface area (Å²) in [5.41, 5.74) is 6.26. The van der Waals surface area contributed by atoms with Crippen LogP contribution in [-0.4, -0.2) is 31.7 Å². The van der Waals surface area contributed by atoms with Gasteiger partial charge in [-0.05, 0) is 40.4 Å². The lowest BCUT2D eigenvalue weighted by Gasteiger charge is -2.22. The van der Waals surface area contributed by atoms with Gasteiger partial charge in [-0.2, -0.15) is 0 Å². The van der Waals surface area contributed by atoms with Crippen molar-refractivity contribution in [2.45, 2.75) is 26.3 Å². The summed E-state index contributed by atoms with van der Waals surface area (Å²) < 4.78 is 11.8. The van der Waals surface area contributed by atoms with Gasteiger partial charge in [0.25, 0.3) is 5.91 Å². The fourth-order valence-corrected chi connectivity index (χ4v) is 2.85. The summed E-state index contributed by atoms with van der Waals surface area (Å²) in [6.07, 6.45) is 0.855. The molecule has 116 valence electrons. The van der Waals surface area contributed by atoms with Crippen molar-refractivity contribution in [3.05, 3.63) is 22.2 Å². The van der Waals surface area contributed by atoms with Crippen molar-refractivity contribution in [1.82, 2.24) is 5.32 Å². The Balaban J connectivity index is 2.14. The maximum absolute atomic E-state index is 12.3. The highest BCUT2D eigenvalue weighted by molar-refractivity contribution is 9.10. The number of carbonyl (C=O) groups excluding carboxylic acids is 1. The molecular weight excluding hydrogens is 336 g/mol. The highest BCUT2D eigenvalue weighted by Crippen LogP contribution is 2.38. The van der Waals surface area contributed by atoms with Crippen LogP contribution in [0.25, 0.3) is 0 Å². The maximum Gasteiger partial charge on any atom is 0.251 e. The molecule has 1 unspecified atom stereocenters. The Morgan fingerprint density at radius 3 is 2.76 bits per heavy atom. The van der Waals surface area contributed by atoms with Gasteiger partial charge in [0.1, 0.15) is 13.2 Å². The van der Waals surface area contributed by atoms with Crippen molar-refractivity contribution in [3.63, 3.8) is 0 Å². The van der Waals surface area contributed by atoms with Crippen LogP contribution in [0.4, 0.5) is 0 Å². The Labute approximate surface area is 133 Å². The van der Waals surface area contributed by atoms with E-state index in [0.717, 1.165) is 10.9 Å². The minimum Gasteiger partial charge on any atom is -0.486 e. The van der Waals surface area contributed by atoms with Crippen molar-refractivity contribution in [3.8, 4) is 11.5 Å². The Morgan fingerprint density at radius 2 is 2.10 bits per heavy atom. The smallest absolute Gasteiger partial charge is 0.251 e. The Bertz CT molecular complexity index is 520. The molecule has 0 radical (unpaired) electrons. The van der Waals surface area contributed by atoms with Crippen LogP contribution < -0.4 is 20.5 Å². The van der Waals surface area contributed by atoms with Crippen LogP contribution in [0.3, 0.4) is 0 Å². The molecule has 0 saturated carbocycles. The number of hydrogen-bond acceptors (Lipinski definition) is 4. The third kappa shape index (κ3) is 4.11. The first kappa shape index (κ1) is 16.1. The van der Waals surface area contributed by atoms with Crippen molar-refractivity contribution < 1.29 is 14.3 Å². The second-order valence-corrected chi connectivity index (χ2v) is 6.37. The van der Waals surface area contributed by atoms with E-state index in [9.17, 15) is 4.79 Å². The Morgan fingerprint density at radius 1 is 1.38 bits per heavy atom. The van der Waals surface area contributed by atoms with Crippen LogP contribution >= 0.6 is 15.9 Å². The lowest BCUT2D eigenvalue weighted by Crippen LogP contribution is -2.41. The van der Waals surface area contributed by atoms with E-state index in [-0.39, 0.29) is 11.9 Å². The predicted octanol–water partition coefficient (Wildman–Crippen LogP) is 2.32. The molecule has 6 heteroatoms. The number of fused-ring (bicyclic) bond motifs is 1. The molecule has 0 spiro atoms. The van der Waals surface area contributed by atoms with E-state index < -0.39 is 0 Å². The number of carbonyl (C=O) groups is 1. The SMILES string of the molecule is CC(C)CC(CN)NC(=O)c1cc(Br)c2c(c1)OCCO2. The molecule has 0 aromatic heterocycles. The first-order valence-corrected chi connectivity index (χ1v) is 7.90. The third-order valence-corrected chi connectivity index (χ3v) is 3.82. The third-order valence-electron chi connectivity index (χ3n) is 3.23. The minimum absolute atomic E-state index is 0.0236. The summed E-state index contributed by atoms with van der Waals surface area (Å²) >= 11 is 3.42. The van der Waals surface area contributed by atoms with Crippen LogP contribution in [-0.2, 0) is 0 Å². The summed E-state index contributed by atoms with van der Waals surface area (Å²) in [5.74, 6) is 1.57. The molecule has 1 aliphatic rings. The fourth-order valence-electron chi connectivity index (χ4n) is 2.29. The van der Waals surface area contributed by atoms with Gasteiger partial charge < -0.3 is 20.5 Å². The first-order chi connectivity index (χ1) is 10.0. The van der Waals surface area contributed by atoms with E-state index in [4.69, 9.17) is 15.2 Å². The predicted molar refractivity (Wildman–Crippen MR) is 84.9 cm³/mol. The van der Waals surface area contributed by atoms with Crippen LogP contribution in [0.2, 0.25) is 0 Å². The molecule has 0 fully saturated rings. The number of ether oxygens (including phenoxy) is 2. The van der Waals surface area contributed by atoms with Crippen molar-refractivity contribution >= 4 is 21.8 Å². The van der Waals surface area contributed by atoms with Gasteiger partial charge in [0.05, 0.1) is 4.47 Å². The molecule has 1 atom stereocenters. The topological polar surface area (TPSA) is 73.6 Å². The van der Waals surface area contributed by atoms with Crippen molar-refractivity contribution in [1.29, 1.82) is 0 Å². The first-order valence-electron chi connectivity index (χ1n) is 7.11. The molecule has 3 N–H and O–H groups in total. The van der Waals surface area contributed by atoms with Gasteiger partial charge in [0, 0.05) is 18.2 Å². The lowest BCUT2D eigenvalue weighted by atomic mass is 10.0. The molecule has 1 aromatic carbocycles. The summed E-state index contributed by atoms with van der Waals surface area (Å²) in [6.45, 7) is 5.64. The van der Waals surface area contributed by atoms with Crippen LogP contribution in [0.5, 0.6) is 11.5 Å². The van der Waals surface area contributed by atoms with Gasteiger partial charge >= 0.3 is 0 Å². The molecule has 1 amide bonds.